The van der Waals surface area contributed by atoms with Gasteiger partial charge in [0.1, 0.15) is 5.82 Å². The van der Waals surface area contributed by atoms with Crippen molar-refractivity contribution >= 4 is 28.0 Å². The van der Waals surface area contributed by atoms with Crippen LogP contribution in [0.25, 0.3) is 12.2 Å². The smallest absolute Gasteiger partial charge is 0.337 e. The van der Waals surface area contributed by atoms with Gasteiger partial charge >= 0.3 is 5.97 Å². The number of hydrogen-bond donors (Lipinski definition) is 1. The summed E-state index contributed by atoms with van der Waals surface area (Å²) < 4.78 is 38.4. The molecule has 0 radical (unpaired) electrons. The molecule has 0 aliphatic carbocycles. The molecule has 3 aromatic rings. The van der Waals surface area contributed by atoms with Gasteiger partial charge in [0.2, 0.25) is 9.84 Å². The molecule has 0 bridgehead atoms. The van der Waals surface area contributed by atoms with E-state index in [1.54, 1.807) is 36.4 Å². The van der Waals surface area contributed by atoms with Gasteiger partial charge in [-0.1, -0.05) is 48.6 Å². The summed E-state index contributed by atoms with van der Waals surface area (Å²) in [4.78, 5) is 11.1. The van der Waals surface area contributed by atoms with E-state index >= 15 is 0 Å². The van der Waals surface area contributed by atoms with Crippen LogP contribution in [0.1, 0.15) is 21.5 Å². The van der Waals surface area contributed by atoms with Crippen LogP contribution in [-0.4, -0.2) is 19.5 Å². The average Bonchev–Trinajstić information content (AvgIpc) is 2.68. The Bertz CT molecular complexity index is 1100. The molecule has 3 rings (SSSR count). The number of carbonyl (C=O) groups is 1. The summed E-state index contributed by atoms with van der Waals surface area (Å²) in [6.07, 6.45) is 3.55. The summed E-state index contributed by atoms with van der Waals surface area (Å²) in [5, 5.41) is 9.22. The Labute approximate surface area is 156 Å². The van der Waals surface area contributed by atoms with Crippen molar-refractivity contribution in [3.8, 4) is 0 Å². The standard InChI is InChI=1S/C21H15FO4S/c22-17-11-7-15(8-12-17)5-6-16-9-13-18(14-10-16)27(25,26)20-4-2-1-3-19(20)21(23)24/h1-14H,(H,23,24)/b6-5+. The lowest BCUT2D eigenvalue weighted by Gasteiger charge is -2.08. The Balaban J connectivity index is 1.89. The molecule has 0 amide bonds. The molecule has 0 aliphatic rings. The molecule has 0 heterocycles. The maximum atomic E-state index is 12.9. The maximum absolute atomic E-state index is 12.9. The molecule has 0 unspecified atom stereocenters. The zero-order chi connectivity index (χ0) is 19.4. The van der Waals surface area contributed by atoms with Crippen molar-refractivity contribution in [2.75, 3.05) is 0 Å². The van der Waals surface area contributed by atoms with Crippen molar-refractivity contribution in [2.24, 2.45) is 0 Å². The van der Waals surface area contributed by atoms with Crippen LogP contribution in [0.5, 0.6) is 0 Å². The summed E-state index contributed by atoms with van der Waals surface area (Å²) >= 11 is 0. The van der Waals surface area contributed by atoms with Gasteiger partial charge < -0.3 is 5.11 Å². The van der Waals surface area contributed by atoms with E-state index < -0.39 is 15.8 Å². The highest BCUT2D eigenvalue weighted by atomic mass is 32.2. The van der Waals surface area contributed by atoms with Crippen LogP contribution in [0.2, 0.25) is 0 Å². The number of hydrogen-bond acceptors (Lipinski definition) is 3. The van der Waals surface area contributed by atoms with Crippen molar-refractivity contribution in [2.45, 2.75) is 9.79 Å². The van der Waals surface area contributed by atoms with E-state index in [-0.39, 0.29) is 21.2 Å². The fraction of sp³-hybridized carbons (Fsp3) is 0. The van der Waals surface area contributed by atoms with E-state index in [9.17, 15) is 22.7 Å². The molecule has 27 heavy (non-hydrogen) atoms. The Morgan fingerprint density at radius 3 is 1.89 bits per heavy atom. The van der Waals surface area contributed by atoms with Gasteiger partial charge in [0.15, 0.2) is 0 Å². The zero-order valence-electron chi connectivity index (χ0n) is 14.0. The van der Waals surface area contributed by atoms with Crippen molar-refractivity contribution < 1.29 is 22.7 Å². The molecule has 3 aromatic carbocycles. The topological polar surface area (TPSA) is 71.4 Å². The summed E-state index contributed by atoms with van der Waals surface area (Å²) in [6, 6.07) is 17.6. The Kier molecular flexibility index (Phi) is 5.19. The Hall–Kier alpha value is -3.25. The predicted octanol–water partition coefficient (Wildman–Crippen LogP) is 4.53. The number of carboxylic acid groups (broad SMARTS) is 1. The zero-order valence-corrected chi connectivity index (χ0v) is 14.9. The van der Waals surface area contributed by atoms with Gasteiger partial charge in [-0.3, -0.25) is 0 Å². The first-order valence-corrected chi connectivity index (χ1v) is 9.47. The van der Waals surface area contributed by atoms with Gasteiger partial charge in [-0.05, 0) is 47.5 Å². The highest BCUT2D eigenvalue weighted by Crippen LogP contribution is 2.25. The minimum atomic E-state index is -3.95. The number of benzene rings is 3. The van der Waals surface area contributed by atoms with E-state index in [1.807, 2.05) is 0 Å². The number of carboxylic acids is 1. The average molecular weight is 382 g/mol. The van der Waals surface area contributed by atoms with Crippen LogP contribution < -0.4 is 0 Å². The van der Waals surface area contributed by atoms with Gasteiger partial charge in [0, 0.05) is 0 Å². The molecule has 136 valence electrons. The van der Waals surface area contributed by atoms with Crippen LogP contribution in [-0.2, 0) is 9.84 Å². The van der Waals surface area contributed by atoms with Gasteiger partial charge in [0.25, 0.3) is 0 Å². The van der Waals surface area contributed by atoms with Crippen molar-refractivity contribution in [3.05, 3.63) is 95.3 Å². The second-order valence-electron chi connectivity index (χ2n) is 5.76. The molecule has 0 aromatic heterocycles. The predicted molar refractivity (Wildman–Crippen MR) is 101 cm³/mol. The van der Waals surface area contributed by atoms with Crippen LogP contribution >= 0.6 is 0 Å². The largest absolute Gasteiger partial charge is 0.478 e. The van der Waals surface area contributed by atoms with Gasteiger partial charge in [-0.25, -0.2) is 17.6 Å². The first kappa shape index (κ1) is 18.5. The van der Waals surface area contributed by atoms with Crippen LogP contribution in [0.15, 0.2) is 82.6 Å². The SMILES string of the molecule is O=C(O)c1ccccc1S(=O)(=O)c1ccc(/C=C/c2ccc(F)cc2)cc1. The van der Waals surface area contributed by atoms with Crippen molar-refractivity contribution in [1.29, 1.82) is 0 Å². The van der Waals surface area contributed by atoms with Crippen LogP contribution in [0.4, 0.5) is 4.39 Å². The third-order valence-corrected chi connectivity index (χ3v) is 5.76. The van der Waals surface area contributed by atoms with E-state index in [0.717, 1.165) is 11.1 Å². The molecular weight excluding hydrogens is 367 g/mol. The maximum Gasteiger partial charge on any atom is 0.337 e. The lowest BCUT2D eigenvalue weighted by atomic mass is 10.1. The second kappa shape index (κ2) is 7.55. The normalized spacial score (nSPS) is 11.6. The Morgan fingerprint density at radius 2 is 1.33 bits per heavy atom. The molecule has 0 aliphatic heterocycles. The first-order valence-electron chi connectivity index (χ1n) is 7.99. The van der Waals surface area contributed by atoms with E-state index in [2.05, 4.69) is 0 Å². The lowest BCUT2D eigenvalue weighted by Crippen LogP contribution is -2.09. The summed E-state index contributed by atoms with van der Waals surface area (Å²) in [5.41, 5.74) is 1.30. The fourth-order valence-electron chi connectivity index (χ4n) is 2.53. The van der Waals surface area contributed by atoms with Gasteiger partial charge in [-0.2, -0.15) is 0 Å². The number of sulfone groups is 1. The van der Waals surface area contributed by atoms with Gasteiger partial charge in [0.05, 0.1) is 15.4 Å². The third kappa shape index (κ3) is 4.12. The Morgan fingerprint density at radius 1 is 0.815 bits per heavy atom. The monoisotopic (exact) mass is 382 g/mol. The molecule has 0 spiro atoms. The summed E-state index contributed by atoms with van der Waals surface area (Å²) in [6.45, 7) is 0. The second-order valence-corrected chi connectivity index (χ2v) is 7.68. The minimum Gasteiger partial charge on any atom is -0.478 e. The van der Waals surface area contributed by atoms with E-state index in [4.69, 9.17) is 0 Å². The highest BCUT2D eigenvalue weighted by Gasteiger charge is 2.23. The number of rotatable bonds is 5. The van der Waals surface area contributed by atoms with E-state index in [0.29, 0.717) is 0 Å². The van der Waals surface area contributed by atoms with Gasteiger partial charge in [-0.15, -0.1) is 0 Å². The quantitative estimate of drug-likeness (QED) is 0.658. The minimum absolute atomic E-state index is 0.00938. The highest BCUT2D eigenvalue weighted by molar-refractivity contribution is 7.91. The molecule has 0 atom stereocenters. The molecule has 0 fully saturated rings. The third-order valence-electron chi connectivity index (χ3n) is 3.94. The number of aromatic carboxylic acids is 1. The van der Waals surface area contributed by atoms with Crippen LogP contribution in [0.3, 0.4) is 0 Å². The van der Waals surface area contributed by atoms with Crippen molar-refractivity contribution in [3.63, 3.8) is 0 Å². The molecule has 4 nitrogen and oxygen atoms in total. The molecular formula is C21H15FO4S. The first-order chi connectivity index (χ1) is 12.9. The lowest BCUT2D eigenvalue weighted by molar-refractivity contribution is 0.0692. The van der Waals surface area contributed by atoms with Crippen molar-refractivity contribution in [1.82, 2.24) is 0 Å². The molecule has 1 N–H and O–H groups in total. The molecule has 0 saturated heterocycles. The van der Waals surface area contributed by atoms with E-state index in [1.165, 1.54) is 48.5 Å². The fourth-order valence-corrected chi connectivity index (χ4v) is 3.98. The molecule has 0 saturated carbocycles. The summed E-state index contributed by atoms with van der Waals surface area (Å²) in [7, 11) is -3.95. The molecule has 6 heteroatoms. The number of halogens is 1. The summed E-state index contributed by atoms with van der Waals surface area (Å²) in [5.74, 6) is -1.61. The van der Waals surface area contributed by atoms with Crippen LogP contribution in [0, 0.1) is 5.82 Å².